The van der Waals surface area contributed by atoms with Gasteiger partial charge >= 0.3 is 0 Å². The molecule has 0 spiro atoms. The number of nitrogens with zero attached hydrogens (tertiary/aromatic N) is 1. The van der Waals surface area contributed by atoms with Crippen LogP contribution in [0.4, 0.5) is 11.4 Å². The van der Waals surface area contributed by atoms with E-state index in [-0.39, 0.29) is 11.4 Å². The molecule has 0 aromatic heterocycles. The quantitative estimate of drug-likeness (QED) is 0.623. The minimum absolute atomic E-state index is 0.148. The molecule has 0 radical (unpaired) electrons. The average Bonchev–Trinajstić information content (AvgIpc) is 2.70. The van der Waals surface area contributed by atoms with Crippen molar-refractivity contribution in [3.63, 3.8) is 0 Å². The molecule has 0 aliphatic rings. The van der Waals surface area contributed by atoms with E-state index in [2.05, 4.69) is 5.32 Å². The lowest BCUT2D eigenvalue weighted by Crippen LogP contribution is -2.38. The molecule has 0 aliphatic carbocycles. The van der Waals surface area contributed by atoms with Crippen LogP contribution >= 0.6 is 0 Å². The van der Waals surface area contributed by atoms with Gasteiger partial charge in [-0.3, -0.25) is 9.10 Å². The fourth-order valence-electron chi connectivity index (χ4n) is 3.00. The smallest absolute Gasteiger partial charge is 0.264 e. The number of anilines is 2. The van der Waals surface area contributed by atoms with Gasteiger partial charge < -0.3 is 5.32 Å². The molecule has 0 saturated heterocycles. The first-order chi connectivity index (χ1) is 14.2. The molecule has 0 atom stereocenters. The van der Waals surface area contributed by atoms with Crippen LogP contribution in [0, 0.1) is 27.7 Å². The van der Waals surface area contributed by atoms with Gasteiger partial charge in [0, 0.05) is 5.69 Å². The van der Waals surface area contributed by atoms with Crippen LogP contribution in [-0.4, -0.2) is 20.9 Å². The zero-order valence-electron chi connectivity index (χ0n) is 17.6. The minimum Gasteiger partial charge on any atom is -0.325 e. The largest absolute Gasteiger partial charge is 0.325 e. The normalized spacial score (nSPS) is 11.2. The van der Waals surface area contributed by atoms with Crippen LogP contribution in [0.1, 0.15) is 22.3 Å². The summed E-state index contributed by atoms with van der Waals surface area (Å²) < 4.78 is 28.0. The Labute approximate surface area is 178 Å². The van der Waals surface area contributed by atoms with Crippen LogP contribution in [-0.2, 0) is 14.8 Å². The first-order valence-corrected chi connectivity index (χ1v) is 11.1. The number of aryl methyl sites for hydroxylation is 4. The van der Waals surface area contributed by atoms with Gasteiger partial charge in [0.05, 0.1) is 10.6 Å². The second-order valence-electron chi connectivity index (χ2n) is 7.51. The molecule has 3 rings (SSSR count). The summed E-state index contributed by atoms with van der Waals surface area (Å²) >= 11 is 0. The third kappa shape index (κ3) is 4.89. The summed E-state index contributed by atoms with van der Waals surface area (Å²) in [5, 5.41) is 2.78. The molecule has 30 heavy (non-hydrogen) atoms. The van der Waals surface area contributed by atoms with E-state index in [1.807, 2.05) is 45.9 Å². The average molecular weight is 423 g/mol. The van der Waals surface area contributed by atoms with E-state index in [0.717, 1.165) is 26.6 Å². The van der Waals surface area contributed by atoms with Crippen LogP contribution < -0.4 is 9.62 Å². The Balaban J connectivity index is 1.96. The Bertz CT molecular complexity index is 1150. The highest BCUT2D eigenvalue weighted by molar-refractivity contribution is 7.92. The molecule has 156 valence electrons. The summed E-state index contributed by atoms with van der Waals surface area (Å²) in [5.74, 6) is -0.409. The maximum absolute atomic E-state index is 13.4. The number of hydrogen-bond donors (Lipinski definition) is 1. The maximum atomic E-state index is 13.4. The van der Waals surface area contributed by atoms with Gasteiger partial charge in [-0.1, -0.05) is 41.5 Å². The van der Waals surface area contributed by atoms with Crippen molar-refractivity contribution in [3.05, 3.63) is 89.0 Å². The van der Waals surface area contributed by atoms with Gasteiger partial charge in [-0.2, -0.15) is 0 Å². The lowest BCUT2D eigenvalue weighted by molar-refractivity contribution is -0.114. The van der Waals surface area contributed by atoms with Gasteiger partial charge in [-0.25, -0.2) is 8.42 Å². The van der Waals surface area contributed by atoms with E-state index in [9.17, 15) is 13.2 Å². The standard InChI is InChI=1S/C24H26N2O3S/c1-17-5-10-21(11-6-17)25-24(27)16-26(22-12-9-19(3)20(4)15-22)30(28,29)23-13-7-18(2)8-14-23/h5-15H,16H2,1-4H3,(H,25,27). The van der Waals surface area contributed by atoms with Gasteiger partial charge in [0.25, 0.3) is 10.0 Å². The van der Waals surface area contributed by atoms with Crippen LogP contribution in [0.5, 0.6) is 0 Å². The molecule has 1 amide bonds. The van der Waals surface area contributed by atoms with E-state index in [1.54, 1.807) is 48.5 Å². The number of carbonyl (C=O) groups is 1. The Morgan fingerprint density at radius 1 is 0.800 bits per heavy atom. The Hall–Kier alpha value is -3.12. The number of benzene rings is 3. The van der Waals surface area contributed by atoms with Crippen LogP contribution in [0.3, 0.4) is 0 Å². The molecule has 3 aromatic carbocycles. The van der Waals surface area contributed by atoms with Crippen molar-refractivity contribution >= 4 is 27.3 Å². The summed E-state index contributed by atoms with van der Waals surface area (Å²) in [5.41, 5.74) is 5.12. The zero-order chi connectivity index (χ0) is 21.9. The molecular formula is C24H26N2O3S. The molecule has 0 aliphatic heterocycles. The topological polar surface area (TPSA) is 66.5 Å². The number of sulfonamides is 1. The highest BCUT2D eigenvalue weighted by Gasteiger charge is 2.27. The highest BCUT2D eigenvalue weighted by atomic mass is 32.2. The second kappa shape index (κ2) is 8.71. The summed E-state index contributed by atoms with van der Waals surface area (Å²) in [6, 6.07) is 19.4. The Kier molecular flexibility index (Phi) is 6.27. The SMILES string of the molecule is Cc1ccc(NC(=O)CN(c2ccc(C)c(C)c2)S(=O)(=O)c2ccc(C)cc2)cc1. The first-order valence-electron chi connectivity index (χ1n) is 9.70. The molecule has 6 heteroatoms. The van der Waals surface area contributed by atoms with Crippen molar-refractivity contribution in [3.8, 4) is 0 Å². The third-order valence-corrected chi connectivity index (χ3v) is 6.80. The number of carbonyl (C=O) groups excluding carboxylic acids is 1. The highest BCUT2D eigenvalue weighted by Crippen LogP contribution is 2.26. The predicted molar refractivity (Wildman–Crippen MR) is 121 cm³/mol. The van der Waals surface area contributed by atoms with Crippen molar-refractivity contribution in [2.45, 2.75) is 32.6 Å². The zero-order valence-corrected chi connectivity index (χ0v) is 18.5. The lowest BCUT2D eigenvalue weighted by Gasteiger charge is -2.25. The number of amides is 1. The van der Waals surface area contributed by atoms with Gasteiger partial charge in [-0.15, -0.1) is 0 Å². The molecule has 5 nitrogen and oxygen atoms in total. The number of nitrogens with one attached hydrogen (secondary N) is 1. The predicted octanol–water partition coefficient (Wildman–Crippen LogP) is 4.75. The van der Waals surface area contributed by atoms with Crippen molar-refractivity contribution in [2.24, 2.45) is 0 Å². The monoisotopic (exact) mass is 422 g/mol. The molecule has 0 unspecified atom stereocenters. The molecule has 0 heterocycles. The van der Waals surface area contributed by atoms with Crippen molar-refractivity contribution in [1.82, 2.24) is 0 Å². The fraction of sp³-hybridized carbons (Fsp3) is 0.208. The van der Waals surface area contributed by atoms with Crippen LogP contribution in [0.25, 0.3) is 0 Å². The van der Waals surface area contributed by atoms with Crippen molar-refractivity contribution in [1.29, 1.82) is 0 Å². The Morgan fingerprint density at radius 3 is 1.93 bits per heavy atom. The van der Waals surface area contributed by atoms with E-state index >= 15 is 0 Å². The molecule has 0 bridgehead atoms. The van der Waals surface area contributed by atoms with Gasteiger partial charge in [0.15, 0.2) is 0 Å². The van der Waals surface area contributed by atoms with E-state index in [1.165, 1.54) is 0 Å². The number of rotatable bonds is 6. The van der Waals surface area contributed by atoms with E-state index in [4.69, 9.17) is 0 Å². The van der Waals surface area contributed by atoms with Crippen LogP contribution in [0.2, 0.25) is 0 Å². The van der Waals surface area contributed by atoms with Gasteiger partial charge in [-0.05, 0) is 75.2 Å². The summed E-state index contributed by atoms with van der Waals surface area (Å²) in [4.78, 5) is 12.9. The first kappa shape index (κ1) is 21.6. The summed E-state index contributed by atoms with van der Waals surface area (Å²) in [6.07, 6.45) is 0. The second-order valence-corrected chi connectivity index (χ2v) is 9.37. The Morgan fingerprint density at radius 2 is 1.37 bits per heavy atom. The molecule has 0 fully saturated rings. The molecule has 1 N–H and O–H groups in total. The van der Waals surface area contributed by atoms with Gasteiger partial charge in [0.1, 0.15) is 6.54 Å². The lowest BCUT2D eigenvalue weighted by atomic mass is 10.1. The summed E-state index contributed by atoms with van der Waals surface area (Å²) in [7, 11) is -3.92. The maximum Gasteiger partial charge on any atom is 0.264 e. The van der Waals surface area contributed by atoms with E-state index < -0.39 is 15.9 Å². The van der Waals surface area contributed by atoms with Gasteiger partial charge in [0.2, 0.25) is 5.91 Å². The van der Waals surface area contributed by atoms with Crippen LogP contribution in [0.15, 0.2) is 71.6 Å². The van der Waals surface area contributed by atoms with E-state index in [0.29, 0.717) is 11.4 Å². The third-order valence-electron chi connectivity index (χ3n) is 5.01. The number of hydrogen-bond acceptors (Lipinski definition) is 3. The van der Waals surface area contributed by atoms with Crippen molar-refractivity contribution in [2.75, 3.05) is 16.2 Å². The molecular weight excluding hydrogens is 396 g/mol. The summed E-state index contributed by atoms with van der Waals surface area (Å²) in [6.45, 7) is 7.41. The van der Waals surface area contributed by atoms with Crippen molar-refractivity contribution < 1.29 is 13.2 Å². The minimum atomic E-state index is -3.92. The fourth-order valence-corrected chi connectivity index (χ4v) is 4.41. The molecule has 3 aromatic rings. The molecule has 0 saturated carbocycles.